The van der Waals surface area contributed by atoms with Crippen molar-refractivity contribution in [3.63, 3.8) is 0 Å². The number of nitrogens with one attached hydrogen (secondary N) is 1. The maximum absolute atomic E-state index is 11.0. The van der Waals surface area contributed by atoms with Gasteiger partial charge in [-0.3, -0.25) is 4.79 Å². The van der Waals surface area contributed by atoms with Crippen LogP contribution in [0.1, 0.15) is 46.5 Å². The number of carboxylic acid groups (broad SMARTS) is 1. The number of aliphatic carboxylic acids is 1. The topological polar surface area (TPSA) is 49.3 Å². The molecule has 15 heavy (non-hydrogen) atoms. The third-order valence-corrected chi connectivity index (χ3v) is 2.59. The van der Waals surface area contributed by atoms with Crippen LogP contribution in [0.4, 0.5) is 0 Å². The van der Waals surface area contributed by atoms with E-state index in [0.717, 1.165) is 19.4 Å². The maximum Gasteiger partial charge on any atom is 0.322 e. The molecule has 0 aromatic heterocycles. The molecule has 0 saturated heterocycles. The molecule has 0 fully saturated rings. The molecule has 1 atom stereocenters. The molecular formula is C11H23NO2S. The van der Waals surface area contributed by atoms with Crippen molar-refractivity contribution >= 4 is 18.6 Å². The van der Waals surface area contributed by atoms with E-state index in [4.69, 9.17) is 5.11 Å². The first kappa shape index (κ1) is 14.8. The zero-order valence-corrected chi connectivity index (χ0v) is 10.8. The standard InChI is InChI=1S/C11H23NO2S/c1-4-5-6-7-8-12-9(10(13)14)11(2,3)15/h9,12,15H,4-8H2,1-3H3,(H,13,14)/t9-/m1/s1. The van der Waals surface area contributed by atoms with Crippen molar-refractivity contribution < 1.29 is 9.90 Å². The van der Waals surface area contributed by atoms with Crippen molar-refractivity contribution in [3.8, 4) is 0 Å². The van der Waals surface area contributed by atoms with E-state index in [-0.39, 0.29) is 0 Å². The van der Waals surface area contributed by atoms with Crippen molar-refractivity contribution in [2.75, 3.05) is 6.54 Å². The smallest absolute Gasteiger partial charge is 0.322 e. The Hall–Kier alpha value is -0.220. The van der Waals surface area contributed by atoms with Gasteiger partial charge in [0.2, 0.25) is 0 Å². The van der Waals surface area contributed by atoms with E-state index in [9.17, 15) is 4.79 Å². The molecule has 0 unspecified atom stereocenters. The predicted molar refractivity (Wildman–Crippen MR) is 66.6 cm³/mol. The Labute approximate surface area is 98.0 Å². The molecule has 0 amide bonds. The second-order valence-corrected chi connectivity index (χ2v) is 5.59. The summed E-state index contributed by atoms with van der Waals surface area (Å²) in [7, 11) is 0. The summed E-state index contributed by atoms with van der Waals surface area (Å²) in [5.74, 6) is -0.828. The van der Waals surface area contributed by atoms with Crippen LogP contribution in [0, 0.1) is 0 Å². The molecular weight excluding hydrogens is 210 g/mol. The lowest BCUT2D eigenvalue weighted by molar-refractivity contribution is -0.140. The Morgan fingerprint density at radius 2 is 2.00 bits per heavy atom. The number of rotatable bonds is 8. The number of thiol groups is 1. The van der Waals surface area contributed by atoms with Gasteiger partial charge in [-0.1, -0.05) is 26.2 Å². The number of unbranched alkanes of at least 4 members (excludes halogenated alkanes) is 3. The van der Waals surface area contributed by atoms with Gasteiger partial charge in [0.05, 0.1) is 0 Å². The van der Waals surface area contributed by atoms with Gasteiger partial charge in [-0.2, -0.15) is 12.6 Å². The molecule has 0 radical (unpaired) electrons. The monoisotopic (exact) mass is 233 g/mol. The molecule has 4 heteroatoms. The average Bonchev–Trinajstić information content (AvgIpc) is 2.08. The van der Waals surface area contributed by atoms with Gasteiger partial charge in [0, 0.05) is 4.75 Å². The molecule has 3 nitrogen and oxygen atoms in total. The van der Waals surface area contributed by atoms with Crippen LogP contribution in [0.2, 0.25) is 0 Å². The Kier molecular flexibility index (Phi) is 7.02. The highest BCUT2D eigenvalue weighted by molar-refractivity contribution is 7.81. The Balaban J connectivity index is 3.84. The summed E-state index contributed by atoms with van der Waals surface area (Å²) in [5, 5.41) is 12.0. The van der Waals surface area contributed by atoms with Crippen LogP contribution in [0.25, 0.3) is 0 Å². The summed E-state index contributed by atoms with van der Waals surface area (Å²) in [6.07, 6.45) is 4.59. The number of hydrogen-bond donors (Lipinski definition) is 3. The fourth-order valence-electron chi connectivity index (χ4n) is 1.44. The van der Waals surface area contributed by atoms with E-state index in [0.29, 0.717) is 0 Å². The van der Waals surface area contributed by atoms with Crippen LogP contribution in [0.15, 0.2) is 0 Å². The highest BCUT2D eigenvalue weighted by atomic mass is 32.1. The number of carboxylic acids is 1. The maximum atomic E-state index is 11.0. The van der Waals surface area contributed by atoms with Crippen molar-refractivity contribution in [2.45, 2.75) is 57.2 Å². The van der Waals surface area contributed by atoms with Crippen molar-refractivity contribution in [1.82, 2.24) is 5.32 Å². The zero-order chi connectivity index (χ0) is 11.9. The fourth-order valence-corrected chi connectivity index (χ4v) is 1.64. The molecule has 0 aliphatic rings. The lowest BCUT2D eigenvalue weighted by Gasteiger charge is -2.27. The lowest BCUT2D eigenvalue weighted by atomic mass is 10.0. The van der Waals surface area contributed by atoms with E-state index in [1.54, 1.807) is 0 Å². The number of carbonyl (C=O) groups is 1. The van der Waals surface area contributed by atoms with Gasteiger partial charge >= 0.3 is 5.97 Å². The minimum atomic E-state index is -0.828. The molecule has 0 heterocycles. The van der Waals surface area contributed by atoms with Gasteiger partial charge < -0.3 is 10.4 Å². The molecule has 0 aliphatic heterocycles. The first-order valence-corrected chi connectivity index (χ1v) is 6.03. The summed E-state index contributed by atoms with van der Waals surface area (Å²) < 4.78 is -0.531. The zero-order valence-electron chi connectivity index (χ0n) is 9.92. The van der Waals surface area contributed by atoms with Gasteiger partial charge in [0.15, 0.2) is 0 Å². The van der Waals surface area contributed by atoms with Crippen LogP contribution >= 0.6 is 12.6 Å². The van der Waals surface area contributed by atoms with Crippen LogP contribution < -0.4 is 5.32 Å². The molecule has 0 aromatic carbocycles. The minimum absolute atomic E-state index is 0.531. The summed E-state index contributed by atoms with van der Waals surface area (Å²) in [5.41, 5.74) is 0. The normalized spacial score (nSPS) is 13.9. The molecule has 0 aromatic rings. The van der Waals surface area contributed by atoms with Crippen LogP contribution in [-0.2, 0) is 4.79 Å². The fraction of sp³-hybridized carbons (Fsp3) is 0.909. The molecule has 0 spiro atoms. The summed E-state index contributed by atoms with van der Waals surface area (Å²) in [6, 6.07) is -0.581. The van der Waals surface area contributed by atoms with Crippen LogP contribution in [0.5, 0.6) is 0 Å². The van der Waals surface area contributed by atoms with Crippen molar-refractivity contribution in [1.29, 1.82) is 0 Å². The van der Waals surface area contributed by atoms with E-state index in [1.807, 2.05) is 13.8 Å². The Morgan fingerprint density at radius 1 is 1.40 bits per heavy atom. The van der Waals surface area contributed by atoms with Crippen LogP contribution in [0.3, 0.4) is 0 Å². The van der Waals surface area contributed by atoms with E-state index < -0.39 is 16.8 Å². The van der Waals surface area contributed by atoms with Gasteiger partial charge in [-0.25, -0.2) is 0 Å². The Morgan fingerprint density at radius 3 is 2.40 bits per heavy atom. The lowest BCUT2D eigenvalue weighted by Crippen LogP contribution is -2.49. The second kappa shape index (κ2) is 7.12. The third kappa shape index (κ3) is 6.79. The highest BCUT2D eigenvalue weighted by Crippen LogP contribution is 2.17. The van der Waals surface area contributed by atoms with E-state index in [1.165, 1.54) is 12.8 Å². The quantitative estimate of drug-likeness (QED) is 0.445. The second-order valence-electron chi connectivity index (χ2n) is 4.44. The molecule has 0 bridgehead atoms. The molecule has 0 aliphatic carbocycles. The molecule has 2 N–H and O–H groups in total. The van der Waals surface area contributed by atoms with Crippen molar-refractivity contribution in [3.05, 3.63) is 0 Å². The largest absolute Gasteiger partial charge is 0.480 e. The summed E-state index contributed by atoms with van der Waals surface area (Å²) in [6.45, 7) is 6.53. The summed E-state index contributed by atoms with van der Waals surface area (Å²) >= 11 is 4.29. The first-order chi connectivity index (χ1) is 6.89. The molecule has 0 saturated carbocycles. The third-order valence-electron chi connectivity index (χ3n) is 2.33. The number of hydrogen-bond acceptors (Lipinski definition) is 3. The Bertz CT molecular complexity index is 190. The average molecular weight is 233 g/mol. The molecule has 0 rings (SSSR count). The summed E-state index contributed by atoms with van der Waals surface area (Å²) in [4.78, 5) is 11.0. The first-order valence-electron chi connectivity index (χ1n) is 5.58. The van der Waals surface area contributed by atoms with E-state index in [2.05, 4.69) is 24.9 Å². The van der Waals surface area contributed by atoms with Gasteiger partial charge in [-0.05, 0) is 26.8 Å². The van der Waals surface area contributed by atoms with Gasteiger partial charge in [0.1, 0.15) is 6.04 Å². The highest BCUT2D eigenvalue weighted by Gasteiger charge is 2.31. The SMILES string of the molecule is CCCCCCN[C@H](C(=O)O)C(C)(C)S. The predicted octanol–water partition coefficient (Wildman–Crippen LogP) is 2.32. The van der Waals surface area contributed by atoms with Gasteiger partial charge in [0.25, 0.3) is 0 Å². The van der Waals surface area contributed by atoms with Gasteiger partial charge in [-0.15, -0.1) is 0 Å². The minimum Gasteiger partial charge on any atom is -0.480 e. The van der Waals surface area contributed by atoms with Crippen LogP contribution in [-0.4, -0.2) is 28.4 Å². The van der Waals surface area contributed by atoms with Crippen molar-refractivity contribution in [2.24, 2.45) is 0 Å². The van der Waals surface area contributed by atoms with E-state index >= 15 is 0 Å². The molecule has 90 valence electrons.